The maximum Gasteiger partial charge on any atom is 0.112 e. The molecule has 1 atom stereocenters. The molecule has 0 radical (unpaired) electrons. The number of hydrogen-bond donors (Lipinski definition) is 2. The van der Waals surface area contributed by atoms with Gasteiger partial charge in [-0.1, -0.05) is 0 Å². The molecule has 44 valence electrons. The highest BCUT2D eigenvalue weighted by molar-refractivity contribution is 4.43. The molecule has 0 saturated heterocycles. The third-order valence-corrected chi connectivity index (χ3v) is 0.448. The van der Waals surface area contributed by atoms with E-state index in [-0.39, 0.29) is 6.54 Å². The summed E-state index contributed by atoms with van der Waals surface area (Å²) < 4.78 is 11.7. The molecule has 0 fully saturated rings. The Hall–Kier alpha value is -0.190. The summed E-state index contributed by atoms with van der Waals surface area (Å²) in [5, 5.41) is 0. The number of rotatable bonds is 3. The van der Waals surface area contributed by atoms with Gasteiger partial charge in [0.05, 0.1) is 6.54 Å². The third kappa shape index (κ3) is 5.81. The predicted molar refractivity (Wildman–Crippen MR) is 23.8 cm³/mol. The van der Waals surface area contributed by atoms with Crippen LogP contribution < -0.4 is 11.4 Å². The van der Waals surface area contributed by atoms with Crippen LogP contribution in [0.2, 0.25) is 0 Å². The van der Waals surface area contributed by atoms with Crippen molar-refractivity contribution < 1.29 is 9.33 Å². The van der Waals surface area contributed by atoms with Crippen LogP contribution in [0.5, 0.6) is 0 Å². The van der Waals surface area contributed by atoms with Crippen molar-refractivity contribution >= 4 is 0 Å². The van der Waals surface area contributed by atoms with Crippen LogP contribution in [0.15, 0.2) is 0 Å². The second-order valence-corrected chi connectivity index (χ2v) is 1.25. The smallest absolute Gasteiger partial charge is 0.112 e. The minimum absolute atomic E-state index is 0.135. The van der Waals surface area contributed by atoms with Crippen LogP contribution in [-0.2, 0) is 4.94 Å². The molecule has 0 amide bonds. The SMILES string of the molecule is CC(F)CNON. The zero-order valence-corrected chi connectivity index (χ0v) is 4.15. The topological polar surface area (TPSA) is 47.3 Å². The predicted octanol–water partition coefficient (Wildman–Crippen LogP) is -0.261. The van der Waals surface area contributed by atoms with Crippen LogP contribution in [0.4, 0.5) is 4.39 Å². The van der Waals surface area contributed by atoms with Gasteiger partial charge in [-0.3, -0.25) is 0 Å². The van der Waals surface area contributed by atoms with Crippen LogP contribution in [0.25, 0.3) is 0 Å². The van der Waals surface area contributed by atoms with Crippen molar-refractivity contribution in [2.45, 2.75) is 13.1 Å². The molecule has 0 aromatic rings. The number of nitrogens with one attached hydrogen (secondary N) is 1. The Morgan fingerprint density at radius 3 is 2.71 bits per heavy atom. The highest BCUT2D eigenvalue weighted by atomic mass is 19.1. The van der Waals surface area contributed by atoms with Gasteiger partial charge < -0.3 is 0 Å². The lowest BCUT2D eigenvalue weighted by Crippen LogP contribution is -2.25. The monoisotopic (exact) mass is 108 g/mol. The van der Waals surface area contributed by atoms with Gasteiger partial charge in [0.15, 0.2) is 0 Å². The number of hydrogen-bond acceptors (Lipinski definition) is 3. The Balaban J connectivity index is 2.68. The molecule has 0 bridgehead atoms. The minimum Gasteiger partial charge on any atom is -0.246 e. The Kier molecular flexibility index (Phi) is 3.87. The molecule has 0 rings (SSSR count). The summed E-state index contributed by atoms with van der Waals surface area (Å²) in [6, 6.07) is 0. The van der Waals surface area contributed by atoms with Crippen LogP contribution in [0.3, 0.4) is 0 Å². The van der Waals surface area contributed by atoms with Gasteiger partial charge in [0.2, 0.25) is 0 Å². The van der Waals surface area contributed by atoms with E-state index < -0.39 is 6.17 Å². The summed E-state index contributed by atoms with van der Waals surface area (Å²) in [7, 11) is 0. The molecule has 0 aromatic carbocycles. The van der Waals surface area contributed by atoms with Crippen molar-refractivity contribution in [3.63, 3.8) is 0 Å². The lowest BCUT2D eigenvalue weighted by Gasteiger charge is -1.98. The van der Waals surface area contributed by atoms with E-state index in [2.05, 4.69) is 16.3 Å². The van der Waals surface area contributed by atoms with E-state index in [0.717, 1.165) is 0 Å². The van der Waals surface area contributed by atoms with Crippen LogP contribution >= 0.6 is 0 Å². The molecule has 0 aromatic heterocycles. The first-order valence-corrected chi connectivity index (χ1v) is 2.00. The van der Waals surface area contributed by atoms with Gasteiger partial charge in [-0.25, -0.2) is 9.33 Å². The lowest BCUT2D eigenvalue weighted by atomic mass is 10.5. The van der Waals surface area contributed by atoms with E-state index in [9.17, 15) is 4.39 Å². The molecule has 0 aliphatic carbocycles. The van der Waals surface area contributed by atoms with Crippen LogP contribution in [0.1, 0.15) is 6.92 Å². The van der Waals surface area contributed by atoms with Gasteiger partial charge in [0.1, 0.15) is 6.17 Å². The summed E-state index contributed by atoms with van der Waals surface area (Å²) in [4.78, 5) is 3.86. The van der Waals surface area contributed by atoms with Gasteiger partial charge in [-0.15, -0.1) is 0 Å². The highest BCUT2D eigenvalue weighted by Crippen LogP contribution is 1.81. The molecule has 4 heteroatoms. The Morgan fingerprint density at radius 1 is 2.00 bits per heavy atom. The number of nitrogens with two attached hydrogens (primary N) is 1. The molecule has 0 spiro atoms. The number of alkyl halides is 1. The van der Waals surface area contributed by atoms with E-state index >= 15 is 0 Å². The zero-order valence-electron chi connectivity index (χ0n) is 4.15. The Morgan fingerprint density at radius 2 is 2.57 bits per heavy atom. The molecule has 1 unspecified atom stereocenters. The summed E-state index contributed by atoms with van der Waals surface area (Å²) in [5.41, 5.74) is 2.15. The average molecular weight is 108 g/mol. The molecular formula is C3H9FN2O. The standard InChI is InChI=1S/C3H9FN2O/c1-3(4)2-6-7-5/h3,6H,2,5H2,1H3. The van der Waals surface area contributed by atoms with Gasteiger partial charge >= 0.3 is 0 Å². The van der Waals surface area contributed by atoms with E-state index in [4.69, 9.17) is 0 Å². The van der Waals surface area contributed by atoms with Crippen molar-refractivity contribution in [1.29, 1.82) is 0 Å². The van der Waals surface area contributed by atoms with E-state index in [1.54, 1.807) is 0 Å². The van der Waals surface area contributed by atoms with Crippen molar-refractivity contribution in [3.05, 3.63) is 0 Å². The van der Waals surface area contributed by atoms with Crippen molar-refractivity contribution in [3.8, 4) is 0 Å². The summed E-state index contributed by atoms with van der Waals surface area (Å²) >= 11 is 0. The minimum atomic E-state index is -0.913. The first kappa shape index (κ1) is 6.81. The van der Waals surface area contributed by atoms with Crippen molar-refractivity contribution in [1.82, 2.24) is 5.48 Å². The molecule has 0 aliphatic heterocycles. The summed E-state index contributed by atoms with van der Waals surface area (Å²) in [6.07, 6.45) is -0.913. The molecule has 3 nitrogen and oxygen atoms in total. The summed E-state index contributed by atoms with van der Waals surface area (Å²) in [5.74, 6) is 4.50. The average Bonchev–Trinajstić information content (AvgIpc) is 1.61. The Bertz CT molecular complexity index is 41.9. The fraction of sp³-hybridized carbons (Fsp3) is 1.00. The van der Waals surface area contributed by atoms with Crippen molar-refractivity contribution in [2.24, 2.45) is 5.90 Å². The maximum atomic E-state index is 11.7. The molecule has 3 N–H and O–H groups in total. The first-order valence-electron chi connectivity index (χ1n) is 2.00. The lowest BCUT2D eigenvalue weighted by molar-refractivity contribution is 0.0293. The number of hydroxylamine groups is 1. The zero-order chi connectivity index (χ0) is 5.70. The van der Waals surface area contributed by atoms with E-state index in [1.165, 1.54) is 6.92 Å². The van der Waals surface area contributed by atoms with Crippen LogP contribution in [0, 0.1) is 0 Å². The van der Waals surface area contributed by atoms with Crippen LogP contribution in [-0.4, -0.2) is 12.7 Å². The second-order valence-electron chi connectivity index (χ2n) is 1.25. The summed E-state index contributed by atoms with van der Waals surface area (Å²) in [6.45, 7) is 1.54. The molecule has 7 heavy (non-hydrogen) atoms. The highest BCUT2D eigenvalue weighted by Gasteiger charge is 1.92. The van der Waals surface area contributed by atoms with Gasteiger partial charge in [-0.2, -0.15) is 11.4 Å². The second kappa shape index (κ2) is 3.98. The third-order valence-electron chi connectivity index (χ3n) is 0.448. The fourth-order valence-electron chi connectivity index (χ4n) is 0.163. The van der Waals surface area contributed by atoms with Gasteiger partial charge in [0.25, 0.3) is 0 Å². The van der Waals surface area contributed by atoms with E-state index in [0.29, 0.717) is 0 Å². The quantitative estimate of drug-likeness (QED) is 0.489. The molecular weight excluding hydrogens is 99.0 g/mol. The largest absolute Gasteiger partial charge is 0.246 e. The Labute approximate surface area is 41.5 Å². The molecule has 0 heterocycles. The van der Waals surface area contributed by atoms with Gasteiger partial charge in [0, 0.05) is 0 Å². The normalized spacial score (nSPS) is 14.1. The molecule has 0 aliphatic rings. The fourth-order valence-corrected chi connectivity index (χ4v) is 0.163. The van der Waals surface area contributed by atoms with E-state index in [1.807, 2.05) is 0 Å². The maximum absolute atomic E-state index is 11.7. The molecule has 0 saturated carbocycles. The first-order chi connectivity index (χ1) is 3.27. The van der Waals surface area contributed by atoms with Crippen molar-refractivity contribution in [2.75, 3.05) is 6.54 Å². The van der Waals surface area contributed by atoms with Gasteiger partial charge in [-0.05, 0) is 6.92 Å². The number of halogens is 1.